The van der Waals surface area contributed by atoms with Gasteiger partial charge in [0.1, 0.15) is 0 Å². The Hall–Kier alpha value is -3.34. The Morgan fingerprint density at radius 2 is 1.75 bits per heavy atom. The molecule has 144 valence electrons. The summed E-state index contributed by atoms with van der Waals surface area (Å²) in [6, 6.07) is 20.7. The lowest BCUT2D eigenvalue weighted by atomic mass is 10.1. The van der Waals surface area contributed by atoms with Crippen molar-refractivity contribution in [3.63, 3.8) is 0 Å². The Morgan fingerprint density at radius 3 is 2.46 bits per heavy atom. The quantitative estimate of drug-likeness (QED) is 0.641. The van der Waals surface area contributed by atoms with E-state index in [4.69, 9.17) is 4.42 Å². The van der Waals surface area contributed by atoms with Crippen molar-refractivity contribution in [3.05, 3.63) is 89.9 Å². The normalized spacial score (nSPS) is 10.5. The zero-order valence-electron chi connectivity index (χ0n) is 15.9. The molecule has 0 saturated carbocycles. The van der Waals surface area contributed by atoms with Crippen LogP contribution in [0.1, 0.15) is 35.0 Å². The molecule has 0 atom stereocenters. The second kappa shape index (κ2) is 9.55. The first kappa shape index (κ1) is 19.4. The van der Waals surface area contributed by atoms with Crippen LogP contribution in [0.25, 0.3) is 0 Å². The number of rotatable bonds is 8. The molecule has 1 N–H and O–H groups in total. The summed E-state index contributed by atoms with van der Waals surface area (Å²) in [5, 5.41) is 2.88. The van der Waals surface area contributed by atoms with Crippen molar-refractivity contribution in [2.45, 2.75) is 26.3 Å². The van der Waals surface area contributed by atoms with Gasteiger partial charge in [-0.05, 0) is 41.8 Å². The number of benzene rings is 2. The van der Waals surface area contributed by atoms with Crippen LogP contribution in [0.5, 0.6) is 0 Å². The fraction of sp³-hybridized carbons (Fsp3) is 0.217. The molecule has 5 nitrogen and oxygen atoms in total. The van der Waals surface area contributed by atoms with Gasteiger partial charge in [0, 0.05) is 12.2 Å². The Bertz CT molecular complexity index is 905. The van der Waals surface area contributed by atoms with Crippen molar-refractivity contribution < 1.29 is 14.0 Å². The van der Waals surface area contributed by atoms with Crippen LogP contribution < -0.4 is 10.2 Å². The van der Waals surface area contributed by atoms with Gasteiger partial charge >= 0.3 is 0 Å². The lowest BCUT2D eigenvalue weighted by molar-refractivity contribution is -0.120. The molecular weight excluding hydrogens is 352 g/mol. The van der Waals surface area contributed by atoms with Crippen LogP contribution in [-0.4, -0.2) is 18.4 Å². The topological polar surface area (TPSA) is 62.6 Å². The summed E-state index contributed by atoms with van der Waals surface area (Å²) in [6.45, 7) is 3.09. The van der Waals surface area contributed by atoms with Gasteiger partial charge in [0.25, 0.3) is 5.91 Å². The number of hydrogen-bond acceptors (Lipinski definition) is 3. The molecule has 0 aliphatic carbocycles. The van der Waals surface area contributed by atoms with Gasteiger partial charge in [-0.25, -0.2) is 0 Å². The number of carbonyl (C=O) groups is 2. The van der Waals surface area contributed by atoms with Gasteiger partial charge in [-0.2, -0.15) is 0 Å². The fourth-order valence-electron chi connectivity index (χ4n) is 2.93. The molecule has 2 amide bonds. The Balaban J connectivity index is 1.86. The monoisotopic (exact) mass is 376 g/mol. The number of amides is 2. The van der Waals surface area contributed by atoms with Crippen LogP contribution in [0, 0.1) is 0 Å². The Labute approximate surface area is 165 Å². The van der Waals surface area contributed by atoms with E-state index < -0.39 is 0 Å². The molecule has 0 unspecified atom stereocenters. The standard InChI is InChI=1S/C23H24N2O3/c1-2-13-24-22(26)16-19-10-6-11-20(15-19)25(17-18-8-4-3-5-9-18)23(27)21-12-7-14-28-21/h3-12,14-15H,2,13,16-17H2,1H3,(H,24,26). The van der Waals surface area contributed by atoms with Crippen LogP contribution >= 0.6 is 0 Å². The summed E-state index contributed by atoms with van der Waals surface area (Å²) in [6.07, 6.45) is 2.67. The molecule has 0 saturated heterocycles. The average Bonchev–Trinajstić information content (AvgIpc) is 3.26. The average molecular weight is 376 g/mol. The Kier molecular flexibility index (Phi) is 6.63. The van der Waals surface area contributed by atoms with E-state index in [-0.39, 0.29) is 24.0 Å². The molecule has 0 bridgehead atoms. The summed E-state index contributed by atoms with van der Waals surface area (Å²) in [4.78, 5) is 26.8. The maximum Gasteiger partial charge on any atom is 0.294 e. The third kappa shape index (κ3) is 5.10. The van der Waals surface area contributed by atoms with Crippen molar-refractivity contribution >= 4 is 17.5 Å². The molecule has 28 heavy (non-hydrogen) atoms. The molecular formula is C23H24N2O3. The lowest BCUT2D eigenvalue weighted by Crippen LogP contribution is -2.30. The van der Waals surface area contributed by atoms with E-state index in [0.29, 0.717) is 13.1 Å². The largest absolute Gasteiger partial charge is 0.459 e. The summed E-state index contributed by atoms with van der Waals surface area (Å²) in [5.41, 5.74) is 2.59. The van der Waals surface area contributed by atoms with Crippen LogP contribution in [0.3, 0.4) is 0 Å². The van der Waals surface area contributed by atoms with E-state index in [1.165, 1.54) is 6.26 Å². The van der Waals surface area contributed by atoms with Crippen molar-refractivity contribution in [1.29, 1.82) is 0 Å². The van der Waals surface area contributed by atoms with E-state index in [1.54, 1.807) is 17.0 Å². The van der Waals surface area contributed by atoms with Crippen molar-refractivity contribution in [1.82, 2.24) is 5.32 Å². The van der Waals surface area contributed by atoms with Crippen LogP contribution in [0.4, 0.5) is 5.69 Å². The first-order valence-corrected chi connectivity index (χ1v) is 9.42. The molecule has 0 spiro atoms. The number of anilines is 1. The SMILES string of the molecule is CCCNC(=O)Cc1cccc(N(Cc2ccccc2)C(=O)c2ccco2)c1. The highest BCUT2D eigenvalue weighted by atomic mass is 16.3. The first-order valence-electron chi connectivity index (χ1n) is 9.42. The molecule has 2 aromatic carbocycles. The predicted octanol–water partition coefficient (Wildman–Crippen LogP) is 4.20. The lowest BCUT2D eigenvalue weighted by Gasteiger charge is -2.22. The van der Waals surface area contributed by atoms with Crippen LogP contribution in [0.15, 0.2) is 77.4 Å². The zero-order chi connectivity index (χ0) is 19.8. The summed E-state index contributed by atoms with van der Waals surface area (Å²) in [5.74, 6) is 0.0365. The van der Waals surface area contributed by atoms with E-state index in [0.717, 1.165) is 23.2 Å². The van der Waals surface area contributed by atoms with E-state index >= 15 is 0 Å². The molecule has 0 fully saturated rings. The molecule has 0 radical (unpaired) electrons. The molecule has 1 aromatic heterocycles. The van der Waals surface area contributed by atoms with E-state index in [9.17, 15) is 9.59 Å². The van der Waals surface area contributed by atoms with Crippen molar-refractivity contribution in [2.75, 3.05) is 11.4 Å². The van der Waals surface area contributed by atoms with E-state index in [2.05, 4.69) is 5.32 Å². The maximum atomic E-state index is 13.0. The third-order valence-electron chi connectivity index (χ3n) is 4.32. The smallest absolute Gasteiger partial charge is 0.294 e. The minimum absolute atomic E-state index is 0.0222. The van der Waals surface area contributed by atoms with Crippen LogP contribution in [0.2, 0.25) is 0 Å². The zero-order valence-corrected chi connectivity index (χ0v) is 15.9. The van der Waals surface area contributed by atoms with Crippen molar-refractivity contribution in [2.24, 2.45) is 0 Å². The first-order chi connectivity index (χ1) is 13.7. The molecule has 0 aliphatic heterocycles. The van der Waals surface area contributed by atoms with Gasteiger partial charge in [-0.15, -0.1) is 0 Å². The summed E-state index contributed by atoms with van der Waals surface area (Å²) in [7, 11) is 0. The molecule has 3 rings (SSSR count). The van der Waals surface area contributed by atoms with Gasteiger partial charge in [0.2, 0.25) is 5.91 Å². The molecule has 0 aliphatic rings. The number of furan rings is 1. The second-order valence-corrected chi connectivity index (χ2v) is 6.55. The Morgan fingerprint density at radius 1 is 0.964 bits per heavy atom. The van der Waals surface area contributed by atoms with Crippen molar-refractivity contribution in [3.8, 4) is 0 Å². The molecule has 1 heterocycles. The fourth-order valence-corrected chi connectivity index (χ4v) is 2.93. The molecule has 5 heteroatoms. The number of nitrogens with zero attached hydrogens (tertiary/aromatic N) is 1. The highest BCUT2D eigenvalue weighted by Gasteiger charge is 2.21. The number of carbonyl (C=O) groups excluding carboxylic acids is 2. The van der Waals surface area contributed by atoms with Gasteiger partial charge in [-0.1, -0.05) is 49.4 Å². The summed E-state index contributed by atoms with van der Waals surface area (Å²) < 4.78 is 5.32. The number of hydrogen-bond donors (Lipinski definition) is 1. The van der Waals surface area contributed by atoms with Gasteiger partial charge in [0.05, 0.1) is 19.2 Å². The van der Waals surface area contributed by atoms with Gasteiger partial charge in [-0.3, -0.25) is 9.59 Å². The predicted molar refractivity (Wildman–Crippen MR) is 109 cm³/mol. The minimum Gasteiger partial charge on any atom is -0.459 e. The molecule has 3 aromatic rings. The van der Waals surface area contributed by atoms with E-state index in [1.807, 2.05) is 61.5 Å². The highest BCUT2D eigenvalue weighted by Crippen LogP contribution is 2.22. The van der Waals surface area contributed by atoms with Crippen LogP contribution in [-0.2, 0) is 17.8 Å². The highest BCUT2D eigenvalue weighted by molar-refractivity contribution is 6.04. The third-order valence-corrected chi connectivity index (χ3v) is 4.32. The minimum atomic E-state index is -0.221. The van der Waals surface area contributed by atoms with Gasteiger partial charge in [0.15, 0.2) is 5.76 Å². The number of nitrogens with one attached hydrogen (secondary N) is 1. The second-order valence-electron chi connectivity index (χ2n) is 6.55. The van der Waals surface area contributed by atoms with Gasteiger partial charge < -0.3 is 14.6 Å². The maximum absolute atomic E-state index is 13.0. The summed E-state index contributed by atoms with van der Waals surface area (Å²) >= 11 is 0.